The zero-order valence-electron chi connectivity index (χ0n) is 16.5. The van der Waals surface area contributed by atoms with Crippen LogP contribution >= 0.6 is 11.6 Å². The van der Waals surface area contributed by atoms with Gasteiger partial charge in [0.15, 0.2) is 6.10 Å². The second-order valence-corrected chi connectivity index (χ2v) is 7.80. The van der Waals surface area contributed by atoms with E-state index >= 15 is 0 Å². The highest BCUT2D eigenvalue weighted by Gasteiger charge is 2.36. The largest absolute Gasteiger partial charge is 0.458 e. The van der Waals surface area contributed by atoms with Gasteiger partial charge >= 0.3 is 12.1 Å². The van der Waals surface area contributed by atoms with Crippen molar-refractivity contribution >= 4 is 29.4 Å². The Morgan fingerprint density at radius 1 is 1.07 bits per heavy atom. The number of carbonyl (C=O) groups is 2. The molecule has 4 rings (SSSR count). The minimum atomic E-state index is -0.531. The summed E-state index contributed by atoms with van der Waals surface area (Å²) in [6, 6.07) is 16.8. The summed E-state index contributed by atoms with van der Waals surface area (Å²) in [7, 11) is 0. The maximum absolute atomic E-state index is 12.3. The first-order valence-electron chi connectivity index (χ1n) is 10.0. The lowest BCUT2D eigenvalue weighted by Crippen LogP contribution is -2.52. The number of esters is 1. The molecule has 2 fully saturated rings. The second-order valence-electron chi connectivity index (χ2n) is 7.40. The molecule has 2 aromatic carbocycles. The van der Waals surface area contributed by atoms with Crippen LogP contribution in [0.15, 0.2) is 54.6 Å². The predicted octanol–water partition coefficient (Wildman–Crippen LogP) is 2.80. The van der Waals surface area contributed by atoms with E-state index in [1.807, 2.05) is 18.2 Å². The number of alkyl carbamates (subject to hydrolysis) is 1. The molecule has 1 N–H and O–H groups in total. The van der Waals surface area contributed by atoms with E-state index in [0.29, 0.717) is 17.1 Å². The number of anilines is 1. The summed E-state index contributed by atoms with van der Waals surface area (Å²) in [6.07, 6.45) is -1.02. The summed E-state index contributed by atoms with van der Waals surface area (Å²) >= 11 is 6.04. The smallest absolute Gasteiger partial charge is 0.408 e. The van der Waals surface area contributed by atoms with Gasteiger partial charge in [0.05, 0.1) is 16.6 Å². The van der Waals surface area contributed by atoms with Crippen LogP contribution in [0.4, 0.5) is 10.5 Å². The number of hydrogen-bond donors (Lipinski definition) is 1. The molecule has 0 saturated carbocycles. The molecule has 2 aromatic rings. The van der Waals surface area contributed by atoms with Gasteiger partial charge < -0.3 is 19.7 Å². The van der Waals surface area contributed by atoms with Crippen LogP contribution in [-0.2, 0) is 9.47 Å². The summed E-state index contributed by atoms with van der Waals surface area (Å²) in [5, 5.41) is 3.17. The molecule has 30 heavy (non-hydrogen) atoms. The van der Waals surface area contributed by atoms with Gasteiger partial charge in [-0.05, 0) is 24.3 Å². The van der Waals surface area contributed by atoms with Crippen molar-refractivity contribution in [2.24, 2.45) is 0 Å². The van der Waals surface area contributed by atoms with Crippen LogP contribution in [0.3, 0.4) is 0 Å². The van der Waals surface area contributed by atoms with Crippen molar-refractivity contribution in [2.75, 3.05) is 44.2 Å². The number of para-hydroxylation sites is 1. The average Bonchev–Trinajstić information content (AvgIpc) is 3.12. The van der Waals surface area contributed by atoms with Crippen LogP contribution in [0.1, 0.15) is 10.4 Å². The van der Waals surface area contributed by atoms with Crippen molar-refractivity contribution < 1.29 is 19.1 Å². The number of carbonyl (C=O) groups excluding carboxylic acids is 2. The Morgan fingerprint density at radius 3 is 2.50 bits per heavy atom. The molecule has 158 valence electrons. The monoisotopic (exact) mass is 429 g/mol. The van der Waals surface area contributed by atoms with Gasteiger partial charge in [-0.25, -0.2) is 9.59 Å². The van der Waals surface area contributed by atoms with E-state index in [9.17, 15) is 9.59 Å². The first kappa shape index (κ1) is 20.5. The van der Waals surface area contributed by atoms with Gasteiger partial charge in [0.25, 0.3) is 0 Å². The van der Waals surface area contributed by atoms with Crippen LogP contribution in [0.2, 0.25) is 5.02 Å². The maximum Gasteiger partial charge on any atom is 0.408 e. The number of nitrogens with zero attached hydrogens (tertiary/aromatic N) is 2. The van der Waals surface area contributed by atoms with Gasteiger partial charge in [-0.15, -0.1) is 0 Å². The molecule has 2 saturated heterocycles. The van der Waals surface area contributed by atoms with Crippen molar-refractivity contribution in [1.29, 1.82) is 0 Å². The van der Waals surface area contributed by atoms with E-state index in [4.69, 9.17) is 21.1 Å². The van der Waals surface area contributed by atoms with Gasteiger partial charge in [0.2, 0.25) is 0 Å². The molecule has 2 aliphatic heterocycles. The number of halogens is 1. The molecule has 0 spiro atoms. The van der Waals surface area contributed by atoms with Crippen LogP contribution < -0.4 is 10.2 Å². The lowest BCUT2D eigenvalue weighted by molar-refractivity contribution is 0.0228. The molecular weight excluding hydrogens is 406 g/mol. The normalized spacial score (nSPS) is 21.8. The highest BCUT2D eigenvalue weighted by molar-refractivity contribution is 6.33. The fourth-order valence-corrected chi connectivity index (χ4v) is 3.99. The van der Waals surface area contributed by atoms with Crippen molar-refractivity contribution in [3.05, 3.63) is 65.2 Å². The first-order chi connectivity index (χ1) is 14.6. The van der Waals surface area contributed by atoms with E-state index in [2.05, 4.69) is 27.2 Å². The average molecular weight is 430 g/mol. The highest BCUT2D eigenvalue weighted by Crippen LogP contribution is 2.19. The molecule has 0 aliphatic carbocycles. The van der Waals surface area contributed by atoms with Crippen LogP contribution in [0.5, 0.6) is 0 Å². The third-order valence-electron chi connectivity index (χ3n) is 5.43. The van der Waals surface area contributed by atoms with Gasteiger partial charge in [0.1, 0.15) is 6.61 Å². The van der Waals surface area contributed by atoms with Crippen molar-refractivity contribution in [1.82, 2.24) is 10.2 Å². The van der Waals surface area contributed by atoms with Crippen molar-refractivity contribution in [3.8, 4) is 0 Å². The lowest BCUT2D eigenvalue weighted by atomic mass is 10.1. The van der Waals surface area contributed by atoms with Gasteiger partial charge in [-0.1, -0.05) is 41.9 Å². The Hall–Kier alpha value is -2.77. The van der Waals surface area contributed by atoms with E-state index < -0.39 is 18.2 Å². The maximum atomic E-state index is 12.3. The Morgan fingerprint density at radius 2 is 1.77 bits per heavy atom. The topological polar surface area (TPSA) is 71.1 Å². The number of hydrogen-bond acceptors (Lipinski definition) is 6. The highest BCUT2D eigenvalue weighted by atomic mass is 35.5. The number of amides is 1. The number of benzene rings is 2. The van der Waals surface area contributed by atoms with E-state index in [1.165, 1.54) is 5.69 Å². The fourth-order valence-electron chi connectivity index (χ4n) is 3.78. The van der Waals surface area contributed by atoms with Crippen molar-refractivity contribution in [3.63, 3.8) is 0 Å². The molecule has 1 amide bonds. The van der Waals surface area contributed by atoms with E-state index in [-0.39, 0.29) is 12.6 Å². The third-order valence-corrected chi connectivity index (χ3v) is 5.76. The van der Waals surface area contributed by atoms with Crippen LogP contribution in [0, 0.1) is 0 Å². The first-order valence-corrected chi connectivity index (χ1v) is 10.4. The molecule has 8 heteroatoms. The van der Waals surface area contributed by atoms with Crippen LogP contribution in [-0.4, -0.2) is 68.4 Å². The standard InChI is InChI=1S/C22H24ClN3O4/c23-18-9-5-4-8-17(18)21(27)29-15-20-19(24-22(28)30-20)14-25-10-12-26(13-11-25)16-6-2-1-3-7-16/h1-9,19-20H,10-15H2,(H,24,28)/t19-,20-/m1/s1. The summed E-state index contributed by atoms with van der Waals surface area (Å²) in [4.78, 5) is 28.7. The number of rotatable bonds is 6. The number of nitrogens with one attached hydrogen (secondary N) is 1. The SMILES string of the molecule is O=C1N[C@H](CN2CCN(c3ccccc3)CC2)[C@@H](COC(=O)c2ccccc2Cl)O1. The minimum absolute atomic E-state index is 0.0164. The zero-order chi connectivity index (χ0) is 20.9. The molecule has 0 bridgehead atoms. The molecule has 0 aromatic heterocycles. The Balaban J connectivity index is 1.29. The minimum Gasteiger partial charge on any atom is -0.458 e. The quantitative estimate of drug-likeness (QED) is 0.712. The Kier molecular flexibility index (Phi) is 6.40. The summed E-state index contributed by atoms with van der Waals surface area (Å²) in [5.74, 6) is -0.529. The van der Waals surface area contributed by atoms with Gasteiger partial charge in [-0.2, -0.15) is 0 Å². The third kappa shape index (κ3) is 4.86. The summed E-state index contributed by atoms with van der Waals surface area (Å²) in [5.41, 5.74) is 1.52. The Bertz CT molecular complexity index is 887. The molecule has 2 aliphatic rings. The number of cyclic esters (lactones) is 1. The summed E-state index contributed by atoms with van der Waals surface area (Å²) in [6.45, 7) is 4.22. The molecule has 2 heterocycles. The van der Waals surface area contributed by atoms with Gasteiger partial charge in [-0.3, -0.25) is 4.90 Å². The molecule has 2 atom stereocenters. The zero-order valence-corrected chi connectivity index (χ0v) is 17.3. The number of ether oxygens (including phenoxy) is 2. The molecular formula is C22H24ClN3O4. The summed E-state index contributed by atoms with van der Waals surface area (Å²) < 4.78 is 10.7. The lowest BCUT2D eigenvalue weighted by Gasteiger charge is -2.37. The number of piperazine rings is 1. The molecule has 7 nitrogen and oxygen atoms in total. The fraction of sp³-hybridized carbons (Fsp3) is 0.364. The van der Waals surface area contributed by atoms with Gasteiger partial charge in [0, 0.05) is 38.4 Å². The van der Waals surface area contributed by atoms with Crippen molar-refractivity contribution in [2.45, 2.75) is 12.1 Å². The molecule has 0 radical (unpaired) electrons. The second kappa shape index (κ2) is 9.36. The Labute approximate surface area is 180 Å². The molecule has 0 unspecified atom stereocenters. The predicted molar refractivity (Wildman–Crippen MR) is 114 cm³/mol. The van der Waals surface area contributed by atoms with E-state index in [1.54, 1.807) is 24.3 Å². The van der Waals surface area contributed by atoms with E-state index in [0.717, 1.165) is 26.2 Å². The van der Waals surface area contributed by atoms with Crippen LogP contribution in [0.25, 0.3) is 0 Å².